The first-order valence-corrected chi connectivity index (χ1v) is 9.91. The number of likely N-dealkylation sites (tertiary alicyclic amines) is 1. The number of esters is 1. The molecule has 0 spiro atoms. The second kappa shape index (κ2) is 7.53. The summed E-state index contributed by atoms with van der Waals surface area (Å²) >= 11 is 6.38. The maximum absolute atomic E-state index is 12.3. The predicted octanol–water partition coefficient (Wildman–Crippen LogP) is 4.29. The van der Waals surface area contributed by atoms with Crippen molar-refractivity contribution in [1.29, 1.82) is 0 Å². The third kappa shape index (κ3) is 3.69. The van der Waals surface area contributed by atoms with Crippen LogP contribution < -0.4 is 0 Å². The largest absolute Gasteiger partial charge is 0.510 e. The van der Waals surface area contributed by atoms with E-state index in [1.807, 2.05) is 30.3 Å². The van der Waals surface area contributed by atoms with Crippen molar-refractivity contribution in [3.8, 4) is 0 Å². The third-order valence-electron chi connectivity index (χ3n) is 5.78. The van der Waals surface area contributed by atoms with E-state index in [0.29, 0.717) is 11.6 Å². The lowest BCUT2D eigenvalue weighted by molar-refractivity contribution is -0.144. The molecule has 2 atom stereocenters. The van der Waals surface area contributed by atoms with Crippen molar-refractivity contribution < 1.29 is 14.6 Å². The first-order valence-electron chi connectivity index (χ1n) is 9.53. The SMILES string of the molecule is CC1CCN(CC2C(O)=C(Cl)C=C3C(c4ccccc4)=CC(=O)OC32)CC1. The standard InChI is InChI=1S/C22H24ClNO3/c1-14-7-9-24(10-8-14)13-18-21(26)19(23)11-17-16(12-20(25)27-22(17)18)15-5-3-2-4-6-15/h2-6,11-12,14,18,22,26H,7-10,13H2,1H3. The zero-order valence-corrected chi connectivity index (χ0v) is 16.2. The van der Waals surface area contributed by atoms with Crippen LogP contribution in [0.1, 0.15) is 25.3 Å². The third-order valence-corrected chi connectivity index (χ3v) is 6.09. The van der Waals surface area contributed by atoms with E-state index in [1.165, 1.54) is 6.08 Å². The van der Waals surface area contributed by atoms with E-state index in [9.17, 15) is 9.90 Å². The number of hydrogen-bond acceptors (Lipinski definition) is 4. The number of halogens is 1. The van der Waals surface area contributed by atoms with Crippen molar-refractivity contribution in [2.75, 3.05) is 19.6 Å². The number of allylic oxidation sites excluding steroid dienone is 2. The first kappa shape index (κ1) is 18.3. The maximum Gasteiger partial charge on any atom is 0.332 e. The fraction of sp³-hybridized carbons (Fsp3) is 0.409. The van der Waals surface area contributed by atoms with E-state index in [-0.39, 0.29) is 17.6 Å². The Labute approximate surface area is 164 Å². The number of benzene rings is 1. The highest BCUT2D eigenvalue weighted by Gasteiger charge is 2.41. The summed E-state index contributed by atoms with van der Waals surface area (Å²) in [5.74, 6) is 0.128. The molecular weight excluding hydrogens is 362 g/mol. The maximum atomic E-state index is 12.3. The summed E-state index contributed by atoms with van der Waals surface area (Å²) in [6.07, 6.45) is 5.03. The van der Waals surface area contributed by atoms with Gasteiger partial charge in [0, 0.05) is 18.2 Å². The van der Waals surface area contributed by atoms with Gasteiger partial charge in [0.15, 0.2) is 0 Å². The lowest BCUT2D eigenvalue weighted by Crippen LogP contribution is -2.44. The van der Waals surface area contributed by atoms with Gasteiger partial charge in [-0.1, -0.05) is 48.9 Å². The van der Waals surface area contributed by atoms with E-state index in [4.69, 9.17) is 16.3 Å². The smallest absolute Gasteiger partial charge is 0.332 e. The van der Waals surface area contributed by atoms with Crippen LogP contribution in [0.2, 0.25) is 0 Å². The molecule has 1 saturated heterocycles. The van der Waals surface area contributed by atoms with Crippen LogP contribution in [0.25, 0.3) is 5.57 Å². The Bertz CT molecular complexity index is 819. The summed E-state index contributed by atoms with van der Waals surface area (Å²) in [5.41, 5.74) is 2.63. The molecule has 0 aromatic heterocycles. The van der Waals surface area contributed by atoms with E-state index in [0.717, 1.165) is 48.6 Å². The molecule has 0 saturated carbocycles. The molecule has 2 aliphatic heterocycles. The summed E-state index contributed by atoms with van der Waals surface area (Å²) in [4.78, 5) is 14.6. The second-order valence-electron chi connectivity index (χ2n) is 7.70. The molecule has 2 unspecified atom stereocenters. The number of fused-ring (bicyclic) bond motifs is 1. The summed E-state index contributed by atoms with van der Waals surface area (Å²) in [6, 6.07) is 9.76. The van der Waals surface area contributed by atoms with Gasteiger partial charge in [-0.05, 0) is 49.1 Å². The zero-order chi connectivity index (χ0) is 19.0. The summed E-state index contributed by atoms with van der Waals surface area (Å²) in [6.45, 7) is 4.88. The van der Waals surface area contributed by atoms with E-state index >= 15 is 0 Å². The molecule has 142 valence electrons. The van der Waals surface area contributed by atoms with Crippen LogP contribution in [0, 0.1) is 11.8 Å². The Kier molecular flexibility index (Phi) is 5.11. The van der Waals surface area contributed by atoms with Crippen LogP contribution in [0.4, 0.5) is 0 Å². The summed E-state index contributed by atoms with van der Waals surface area (Å²) in [5, 5.41) is 11.0. The van der Waals surface area contributed by atoms with Gasteiger partial charge in [-0.3, -0.25) is 0 Å². The van der Waals surface area contributed by atoms with Gasteiger partial charge in [0.05, 0.1) is 11.0 Å². The number of carbonyl (C=O) groups is 1. The van der Waals surface area contributed by atoms with Crippen molar-refractivity contribution in [2.45, 2.75) is 25.9 Å². The molecule has 5 heteroatoms. The Hall–Kier alpha value is -2.04. The highest BCUT2D eigenvalue weighted by Crippen LogP contribution is 2.42. The Morgan fingerprint density at radius 3 is 2.59 bits per heavy atom. The van der Waals surface area contributed by atoms with Gasteiger partial charge in [0.1, 0.15) is 11.9 Å². The van der Waals surface area contributed by atoms with Gasteiger partial charge in [-0.15, -0.1) is 0 Å². The van der Waals surface area contributed by atoms with Gasteiger partial charge in [-0.25, -0.2) is 4.79 Å². The molecule has 0 radical (unpaired) electrons. The normalized spacial score (nSPS) is 27.0. The van der Waals surface area contributed by atoms with Gasteiger partial charge >= 0.3 is 5.97 Å². The van der Waals surface area contributed by atoms with Crippen LogP contribution in [-0.2, 0) is 9.53 Å². The van der Waals surface area contributed by atoms with Crippen molar-refractivity contribution >= 4 is 23.1 Å². The van der Waals surface area contributed by atoms with Crippen molar-refractivity contribution in [3.63, 3.8) is 0 Å². The molecule has 27 heavy (non-hydrogen) atoms. The molecule has 3 aliphatic rings. The van der Waals surface area contributed by atoms with E-state index < -0.39 is 6.10 Å². The van der Waals surface area contributed by atoms with E-state index in [2.05, 4.69) is 11.8 Å². The molecule has 1 aliphatic carbocycles. The molecule has 1 N–H and O–H groups in total. The Balaban J connectivity index is 1.66. The average Bonchev–Trinajstić information content (AvgIpc) is 2.68. The molecular formula is C22H24ClNO3. The van der Waals surface area contributed by atoms with Crippen LogP contribution in [0.15, 0.2) is 58.8 Å². The first-order chi connectivity index (χ1) is 13.0. The second-order valence-corrected chi connectivity index (χ2v) is 8.11. The molecule has 0 amide bonds. The molecule has 2 heterocycles. The lowest BCUT2D eigenvalue weighted by atomic mass is 9.81. The Morgan fingerprint density at radius 1 is 1.19 bits per heavy atom. The number of piperidine rings is 1. The summed E-state index contributed by atoms with van der Waals surface area (Å²) < 4.78 is 5.67. The number of ether oxygens (including phenoxy) is 1. The monoisotopic (exact) mass is 385 g/mol. The summed E-state index contributed by atoms with van der Waals surface area (Å²) in [7, 11) is 0. The Morgan fingerprint density at radius 2 is 1.89 bits per heavy atom. The molecule has 1 fully saturated rings. The number of carbonyl (C=O) groups excluding carboxylic acids is 1. The highest BCUT2D eigenvalue weighted by atomic mass is 35.5. The van der Waals surface area contributed by atoms with Gasteiger partial charge in [0.25, 0.3) is 0 Å². The van der Waals surface area contributed by atoms with E-state index in [1.54, 1.807) is 6.08 Å². The van der Waals surface area contributed by atoms with Gasteiger partial charge in [0.2, 0.25) is 0 Å². The van der Waals surface area contributed by atoms with Gasteiger partial charge in [-0.2, -0.15) is 0 Å². The minimum absolute atomic E-state index is 0.117. The highest BCUT2D eigenvalue weighted by molar-refractivity contribution is 6.32. The number of aliphatic hydroxyl groups is 1. The lowest BCUT2D eigenvalue weighted by Gasteiger charge is -2.39. The van der Waals surface area contributed by atoms with Crippen molar-refractivity contribution in [1.82, 2.24) is 4.90 Å². The van der Waals surface area contributed by atoms with Crippen molar-refractivity contribution in [2.24, 2.45) is 11.8 Å². The minimum atomic E-state index is -0.514. The molecule has 1 aromatic rings. The fourth-order valence-corrected chi connectivity index (χ4v) is 4.40. The van der Waals surface area contributed by atoms with Crippen LogP contribution in [-0.4, -0.2) is 41.7 Å². The minimum Gasteiger partial charge on any atom is -0.510 e. The van der Waals surface area contributed by atoms with Gasteiger partial charge < -0.3 is 14.7 Å². The topological polar surface area (TPSA) is 49.8 Å². The number of aliphatic hydroxyl groups excluding tert-OH is 1. The fourth-order valence-electron chi connectivity index (χ4n) is 4.14. The zero-order valence-electron chi connectivity index (χ0n) is 15.4. The van der Waals surface area contributed by atoms with Crippen molar-refractivity contribution in [3.05, 3.63) is 64.4 Å². The number of rotatable bonds is 3. The number of nitrogens with zero attached hydrogens (tertiary/aromatic N) is 1. The predicted molar refractivity (Wildman–Crippen MR) is 106 cm³/mol. The molecule has 4 rings (SSSR count). The molecule has 4 nitrogen and oxygen atoms in total. The van der Waals surface area contributed by atoms with Crippen LogP contribution >= 0.6 is 11.6 Å². The molecule has 1 aromatic carbocycles. The average molecular weight is 386 g/mol. The van der Waals surface area contributed by atoms with Crippen LogP contribution in [0.3, 0.4) is 0 Å². The molecule has 0 bridgehead atoms. The van der Waals surface area contributed by atoms with Crippen LogP contribution in [0.5, 0.6) is 0 Å². The number of hydrogen-bond donors (Lipinski definition) is 1. The quantitative estimate of drug-likeness (QED) is 0.788.